The molecule has 0 atom stereocenters. The van der Waals surface area contributed by atoms with Crippen LogP contribution in [0.5, 0.6) is 0 Å². The third-order valence-corrected chi connectivity index (χ3v) is 6.04. The van der Waals surface area contributed by atoms with Crippen molar-refractivity contribution in [3.63, 3.8) is 0 Å². The van der Waals surface area contributed by atoms with E-state index in [1.54, 1.807) is 0 Å². The number of rotatable bonds is 5. The van der Waals surface area contributed by atoms with E-state index in [2.05, 4.69) is 10.4 Å². The highest BCUT2D eigenvalue weighted by molar-refractivity contribution is 5.85. The van der Waals surface area contributed by atoms with Crippen LogP contribution in [0.25, 0.3) is 0 Å². The lowest BCUT2D eigenvalue weighted by atomic mass is 9.54. The third kappa shape index (κ3) is 2.75. The van der Waals surface area contributed by atoms with Crippen LogP contribution in [0.15, 0.2) is 12.3 Å². The minimum absolute atomic E-state index is 0.0225. The molecule has 4 aliphatic rings. The Hall–Kier alpha value is -1.85. The van der Waals surface area contributed by atoms with Gasteiger partial charge in [-0.2, -0.15) is 5.10 Å². The van der Waals surface area contributed by atoms with Gasteiger partial charge in [-0.3, -0.25) is 9.48 Å². The second-order valence-electron chi connectivity index (χ2n) is 7.52. The molecule has 6 nitrogen and oxygen atoms in total. The molecule has 1 aromatic heterocycles. The lowest BCUT2D eigenvalue weighted by molar-refractivity contribution is -0.125. The number of aromatic carboxylic acids is 1. The number of hydrogen-bond donors (Lipinski definition) is 2. The van der Waals surface area contributed by atoms with Crippen LogP contribution in [0, 0.1) is 23.7 Å². The fraction of sp³-hybridized carbons (Fsp3) is 0.706. The van der Waals surface area contributed by atoms with Crippen molar-refractivity contribution >= 4 is 11.9 Å². The third-order valence-electron chi connectivity index (χ3n) is 6.04. The molecule has 124 valence electrons. The smallest absolute Gasteiger partial charge is 0.354 e. The van der Waals surface area contributed by atoms with Crippen molar-refractivity contribution in [2.45, 2.75) is 51.1 Å². The fourth-order valence-corrected chi connectivity index (χ4v) is 5.32. The first-order chi connectivity index (χ1) is 11.1. The summed E-state index contributed by atoms with van der Waals surface area (Å²) in [6.07, 6.45) is 8.26. The van der Waals surface area contributed by atoms with E-state index in [-0.39, 0.29) is 18.0 Å². The van der Waals surface area contributed by atoms with Crippen LogP contribution in [0.4, 0.5) is 0 Å². The number of hydrogen-bond acceptors (Lipinski definition) is 3. The molecule has 0 aromatic carbocycles. The number of carbonyl (C=O) groups excluding carboxylic acids is 1. The molecule has 4 fully saturated rings. The zero-order chi connectivity index (χ0) is 16.0. The standard InChI is InChI=1S/C17H23N3O3/c21-15(2-4-20-14(17(22)23)1-3-18-20)19-16-12-6-10-5-11(8-12)9-13(16)7-10/h1,3,10-13,16H,2,4-9H2,(H,19,21)(H,22,23). The highest BCUT2D eigenvalue weighted by atomic mass is 16.4. The molecule has 2 N–H and O–H groups in total. The molecule has 4 saturated carbocycles. The van der Waals surface area contributed by atoms with Crippen molar-refractivity contribution in [2.75, 3.05) is 0 Å². The van der Waals surface area contributed by atoms with Gasteiger partial charge in [0.1, 0.15) is 5.69 Å². The number of aromatic nitrogens is 2. The van der Waals surface area contributed by atoms with Crippen LogP contribution < -0.4 is 5.32 Å². The van der Waals surface area contributed by atoms with Crippen LogP contribution in [-0.2, 0) is 11.3 Å². The molecule has 0 unspecified atom stereocenters. The van der Waals surface area contributed by atoms with Crippen LogP contribution in [-0.4, -0.2) is 32.8 Å². The molecule has 23 heavy (non-hydrogen) atoms. The van der Waals surface area contributed by atoms with Gasteiger partial charge in [-0.05, 0) is 61.8 Å². The molecule has 1 amide bonds. The van der Waals surface area contributed by atoms with E-state index in [4.69, 9.17) is 5.11 Å². The van der Waals surface area contributed by atoms with E-state index in [1.165, 1.54) is 49.0 Å². The fourth-order valence-electron chi connectivity index (χ4n) is 5.32. The van der Waals surface area contributed by atoms with Crippen LogP contribution in [0.3, 0.4) is 0 Å². The summed E-state index contributed by atoms with van der Waals surface area (Å²) in [6, 6.07) is 1.80. The van der Waals surface area contributed by atoms with Crippen LogP contribution in [0.1, 0.15) is 49.0 Å². The molecule has 0 spiro atoms. The van der Waals surface area contributed by atoms with E-state index in [0.29, 0.717) is 24.4 Å². The van der Waals surface area contributed by atoms with Crippen molar-refractivity contribution < 1.29 is 14.7 Å². The molecule has 4 aliphatic carbocycles. The average molecular weight is 317 g/mol. The summed E-state index contributed by atoms with van der Waals surface area (Å²) >= 11 is 0. The van der Waals surface area contributed by atoms with Gasteiger partial charge < -0.3 is 10.4 Å². The number of carbonyl (C=O) groups is 2. The summed E-state index contributed by atoms with van der Waals surface area (Å²) in [6.45, 7) is 0.313. The molecule has 1 aromatic rings. The molecule has 4 bridgehead atoms. The van der Waals surface area contributed by atoms with E-state index >= 15 is 0 Å². The van der Waals surface area contributed by atoms with Crippen molar-refractivity contribution in [3.05, 3.63) is 18.0 Å². The molecule has 5 rings (SSSR count). The average Bonchev–Trinajstić information content (AvgIpc) is 2.97. The Balaban J connectivity index is 1.34. The van der Waals surface area contributed by atoms with E-state index in [0.717, 1.165) is 11.8 Å². The molecule has 6 heteroatoms. The summed E-state index contributed by atoms with van der Waals surface area (Å²) in [5.41, 5.74) is 0.132. The van der Waals surface area contributed by atoms with Gasteiger partial charge in [-0.1, -0.05) is 0 Å². The minimum Gasteiger partial charge on any atom is -0.477 e. The Morgan fingerprint density at radius 3 is 2.43 bits per heavy atom. The number of carboxylic acids is 1. The van der Waals surface area contributed by atoms with Gasteiger partial charge in [0.15, 0.2) is 0 Å². The van der Waals surface area contributed by atoms with Gasteiger partial charge >= 0.3 is 5.97 Å². The predicted molar refractivity (Wildman–Crippen MR) is 82.8 cm³/mol. The number of amides is 1. The number of nitrogens with zero attached hydrogens (tertiary/aromatic N) is 2. The Kier molecular flexibility index (Phi) is 3.62. The predicted octanol–water partition coefficient (Wildman–Crippen LogP) is 1.91. The van der Waals surface area contributed by atoms with Gasteiger partial charge in [0, 0.05) is 18.7 Å². The van der Waals surface area contributed by atoms with Crippen LogP contribution >= 0.6 is 0 Å². The van der Waals surface area contributed by atoms with Crippen molar-refractivity contribution in [3.8, 4) is 0 Å². The minimum atomic E-state index is -1.01. The molecule has 0 radical (unpaired) electrons. The Morgan fingerprint density at radius 2 is 1.83 bits per heavy atom. The summed E-state index contributed by atoms with van der Waals surface area (Å²) in [4.78, 5) is 23.4. The largest absolute Gasteiger partial charge is 0.477 e. The lowest BCUT2D eigenvalue weighted by Crippen LogP contribution is -2.55. The van der Waals surface area contributed by atoms with Gasteiger partial charge in [0.2, 0.25) is 5.91 Å². The van der Waals surface area contributed by atoms with Gasteiger partial charge in [0.25, 0.3) is 0 Å². The van der Waals surface area contributed by atoms with Gasteiger partial charge in [-0.15, -0.1) is 0 Å². The molecule has 0 saturated heterocycles. The summed E-state index contributed by atoms with van der Waals surface area (Å²) < 4.78 is 1.39. The highest BCUT2D eigenvalue weighted by Crippen LogP contribution is 2.53. The van der Waals surface area contributed by atoms with E-state index in [1.807, 2.05) is 0 Å². The second kappa shape index (κ2) is 5.65. The lowest BCUT2D eigenvalue weighted by Gasteiger charge is -2.54. The Morgan fingerprint density at radius 1 is 1.17 bits per heavy atom. The zero-order valence-electron chi connectivity index (χ0n) is 13.1. The maximum atomic E-state index is 12.3. The molecule has 1 heterocycles. The molecular weight excluding hydrogens is 294 g/mol. The Labute approximate surface area is 135 Å². The number of aryl methyl sites for hydroxylation is 1. The number of nitrogens with one attached hydrogen (secondary N) is 1. The van der Waals surface area contributed by atoms with E-state index < -0.39 is 5.97 Å². The SMILES string of the molecule is O=C(CCn1nccc1C(=O)O)NC1C2CC3CC(C2)CC1C3. The van der Waals surface area contributed by atoms with Gasteiger partial charge in [0.05, 0.1) is 6.54 Å². The maximum absolute atomic E-state index is 12.3. The first-order valence-corrected chi connectivity index (χ1v) is 8.64. The highest BCUT2D eigenvalue weighted by Gasteiger charge is 2.48. The van der Waals surface area contributed by atoms with Crippen LogP contribution in [0.2, 0.25) is 0 Å². The maximum Gasteiger partial charge on any atom is 0.354 e. The summed E-state index contributed by atoms with van der Waals surface area (Å²) in [5.74, 6) is 2.13. The topological polar surface area (TPSA) is 84.2 Å². The van der Waals surface area contributed by atoms with Crippen molar-refractivity contribution in [1.82, 2.24) is 15.1 Å². The summed E-state index contributed by atoms with van der Waals surface area (Å²) in [5, 5.41) is 16.3. The van der Waals surface area contributed by atoms with Crippen molar-refractivity contribution in [1.29, 1.82) is 0 Å². The zero-order valence-corrected chi connectivity index (χ0v) is 13.1. The number of carboxylic acid groups (broad SMARTS) is 1. The first-order valence-electron chi connectivity index (χ1n) is 8.64. The van der Waals surface area contributed by atoms with Crippen molar-refractivity contribution in [2.24, 2.45) is 23.7 Å². The molecular formula is C17H23N3O3. The normalized spacial score (nSPS) is 34.5. The molecule has 0 aliphatic heterocycles. The monoisotopic (exact) mass is 317 g/mol. The summed E-state index contributed by atoms with van der Waals surface area (Å²) in [7, 11) is 0. The quantitative estimate of drug-likeness (QED) is 0.869. The Bertz CT molecular complexity index is 596. The second-order valence-corrected chi connectivity index (χ2v) is 7.52. The van der Waals surface area contributed by atoms with E-state index in [9.17, 15) is 9.59 Å². The van der Waals surface area contributed by atoms with Gasteiger partial charge in [-0.25, -0.2) is 4.79 Å². The first kappa shape index (κ1) is 14.7.